The zero-order valence-electron chi connectivity index (χ0n) is 11.8. The molecule has 2 nitrogen and oxygen atoms in total. The lowest BCUT2D eigenvalue weighted by atomic mass is 9.97. The summed E-state index contributed by atoms with van der Waals surface area (Å²) in [6.07, 6.45) is 8.48. The van der Waals surface area contributed by atoms with Gasteiger partial charge in [-0.2, -0.15) is 0 Å². The Balaban J connectivity index is 1.67. The maximum atomic E-state index is 5.69. The normalized spacial score (nSPS) is 32.6. The summed E-state index contributed by atoms with van der Waals surface area (Å²) in [5.41, 5.74) is 0.594. The zero-order valence-corrected chi connectivity index (χ0v) is 11.8. The van der Waals surface area contributed by atoms with Gasteiger partial charge in [0.05, 0.1) is 6.10 Å². The Morgan fingerprint density at radius 3 is 2.71 bits per heavy atom. The second-order valence-electron chi connectivity index (χ2n) is 6.53. The van der Waals surface area contributed by atoms with Crippen LogP contribution in [0.3, 0.4) is 0 Å². The van der Waals surface area contributed by atoms with Gasteiger partial charge in [-0.15, -0.1) is 0 Å². The first-order valence-corrected chi connectivity index (χ1v) is 7.48. The van der Waals surface area contributed by atoms with E-state index in [2.05, 4.69) is 26.1 Å². The fraction of sp³-hybridized carbons (Fsp3) is 1.00. The van der Waals surface area contributed by atoms with Crippen molar-refractivity contribution in [2.75, 3.05) is 13.2 Å². The van der Waals surface area contributed by atoms with E-state index in [1.54, 1.807) is 0 Å². The molecule has 1 saturated heterocycles. The molecule has 1 aliphatic carbocycles. The number of nitrogens with one attached hydrogen (secondary N) is 1. The van der Waals surface area contributed by atoms with Gasteiger partial charge in [0.15, 0.2) is 0 Å². The smallest absolute Gasteiger partial charge is 0.0576 e. The van der Waals surface area contributed by atoms with Crippen LogP contribution in [0.1, 0.15) is 59.3 Å². The van der Waals surface area contributed by atoms with Gasteiger partial charge in [-0.3, -0.25) is 0 Å². The largest absolute Gasteiger partial charge is 0.378 e. The number of rotatable bonds is 7. The molecule has 1 saturated carbocycles. The topological polar surface area (TPSA) is 21.3 Å². The predicted octanol–water partition coefficient (Wildman–Crippen LogP) is 3.36. The summed E-state index contributed by atoms with van der Waals surface area (Å²) in [6, 6.07) is 0.747. The summed E-state index contributed by atoms with van der Waals surface area (Å²) < 4.78 is 5.69. The molecule has 2 aliphatic rings. The monoisotopic (exact) mass is 239 g/mol. The van der Waals surface area contributed by atoms with Gasteiger partial charge in [0.2, 0.25) is 0 Å². The Bertz CT molecular complexity index is 233. The van der Waals surface area contributed by atoms with Crippen LogP contribution in [0, 0.1) is 11.3 Å². The quantitative estimate of drug-likeness (QED) is 0.735. The Kier molecular flexibility index (Phi) is 4.48. The molecule has 0 amide bonds. The highest BCUT2D eigenvalue weighted by molar-refractivity contribution is 5.01. The van der Waals surface area contributed by atoms with Crippen molar-refractivity contribution in [2.45, 2.75) is 71.4 Å². The number of hydrogen-bond donors (Lipinski definition) is 1. The van der Waals surface area contributed by atoms with Crippen LogP contribution in [-0.4, -0.2) is 25.3 Å². The molecule has 3 unspecified atom stereocenters. The lowest BCUT2D eigenvalue weighted by molar-refractivity contribution is 0.101. The zero-order chi connectivity index (χ0) is 12.3. The Morgan fingerprint density at radius 1 is 1.41 bits per heavy atom. The van der Waals surface area contributed by atoms with Crippen molar-refractivity contribution in [1.29, 1.82) is 0 Å². The third-order valence-corrected chi connectivity index (χ3v) is 4.61. The molecular formula is C15H29NO. The highest BCUT2D eigenvalue weighted by Gasteiger charge is 2.49. The van der Waals surface area contributed by atoms with E-state index < -0.39 is 0 Å². The minimum absolute atomic E-state index is 0.574. The Labute approximate surface area is 107 Å². The van der Waals surface area contributed by atoms with Crippen LogP contribution in [0.2, 0.25) is 0 Å². The van der Waals surface area contributed by atoms with Gasteiger partial charge < -0.3 is 10.1 Å². The van der Waals surface area contributed by atoms with Crippen LogP contribution in [-0.2, 0) is 4.74 Å². The van der Waals surface area contributed by atoms with Crippen molar-refractivity contribution >= 4 is 0 Å². The van der Waals surface area contributed by atoms with E-state index in [0.717, 1.165) is 25.1 Å². The van der Waals surface area contributed by atoms with E-state index in [1.807, 2.05) is 0 Å². The Morgan fingerprint density at radius 2 is 2.18 bits per heavy atom. The van der Waals surface area contributed by atoms with Crippen LogP contribution in [0.25, 0.3) is 0 Å². The van der Waals surface area contributed by atoms with Gasteiger partial charge in [-0.25, -0.2) is 0 Å². The van der Waals surface area contributed by atoms with Crippen LogP contribution < -0.4 is 5.32 Å². The van der Waals surface area contributed by atoms with E-state index in [0.29, 0.717) is 11.5 Å². The summed E-state index contributed by atoms with van der Waals surface area (Å²) in [5, 5.41) is 3.68. The molecule has 0 aromatic carbocycles. The van der Waals surface area contributed by atoms with Gasteiger partial charge in [0.1, 0.15) is 0 Å². The highest BCUT2D eigenvalue weighted by atomic mass is 16.5. The van der Waals surface area contributed by atoms with E-state index >= 15 is 0 Å². The van der Waals surface area contributed by atoms with E-state index in [-0.39, 0.29) is 0 Å². The fourth-order valence-electron chi connectivity index (χ4n) is 3.34. The van der Waals surface area contributed by atoms with Gasteiger partial charge in [-0.05, 0) is 56.4 Å². The third-order valence-electron chi connectivity index (χ3n) is 4.61. The SMILES string of the molecule is CCNC(CCCC1CCCO1)C1CC1(C)C. The average molecular weight is 239 g/mol. The molecule has 1 heterocycles. The Hall–Kier alpha value is -0.0800. The van der Waals surface area contributed by atoms with E-state index in [4.69, 9.17) is 4.74 Å². The van der Waals surface area contributed by atoms with Crippen molar-refractivity contribution in [3.05, 3.63) is 0 Å². The van der Waals surface area contributed by atoms with Crippen molar-refractivity contribution in [2.24, 2.45) is 11.3 Å². The second kappa shape index (κ2) is 5.71. The van der Waals surface area contributed by atoms with Crippen molar-refractivity contribution in [3.8, 4) is 0 Å². The van der Waals surface area contributed by atoms with E-state index in [1.165, 1.54) is 38.5 Å². The highest BCUT2D eigenvalue weighted by Crippen LogP contribution is 2.54. The molecule has 0 aromatic rings. The molecular weight excluding hydrogens is 210 g/mol. The molecule has 0 spiro atoms. The fourth-order valence-corrected chi connectivity index (χ4v) is 3.34. The molecule has 3 atom stereocenters. The van der Waals surface area contributed by atoms with Gasteiger partial charge in [-0.1, -0.05) is 20.8 Å². The molecule has 17 heavy (non-hydrogen) atoms. The average Bonchev–Trinajstić information content (AvgIpc) is 2.72. The minimum atomic E-state index is 0.574. The summed E-state index contributed by atoms with van der Waals surface area (Å²) in [4.78, 5) is 0. The van der Waals surface area contributed by atoms with Gasteiger partial charge in [0, 0.05) is 12.6 Å². The molecule has 2 heteroatoms. The molecule has 0 bridgehead atoms. The molecule has 100 valence electrons. The molecule has 1 aliphatic heterocycles. The summed E-state index contributed by atoms with van der Waals surface area (Å²) in [7, 11) is 0. The first-order valence-electron chi connectivity index (χ1n) is 7.48. The van der Waals surface area contributed by atoms with Crippen molar-refractivity contribution in [3.63, 3.8) is 0 Å². The summed E-state index contributed by atoms with van der Waals surface area (Å²) in [5.74, 6) is 0.909. The molecule has 0 aromatic heterocycles. The van der Waals surface area contributed by atoms with Crippen molar-refractivity contribution < 1.29 is 4.74 Å². The maximum Gasteiger partial charge on any atom is 0.0576 e. The molecule has 2 fully saturated rings. The standard InChI is InChI=1S/C15H29NO/c1-4-16-14(13-11-15(13,2)3)9-5-7-12-8-6-10-17-12/h12-14,16H,4-11H2,1-3H3. The summed E-state index contributed by atoms with van der Waals surface area (Å²) >= 11 is 0. The number of hydrogen-bond acceptors (Lipinski definition) is 2. The number of ether oxygens (including phenoxy) is 1. The van der Waals surface area contributed by atoms with Crippen LogP contribution >= 0.6 is 0 Å². The third kappa shape index (κ3) is 3.69. The lowest BCUT2D eigenvalue weighted by Crippen LogP contribution is -2.32. The van der Waals surface area contributed by atoms with Gasteiger partial charge >= 0.3 is 0 Å². The second-order valence-corrected chi connectivity index (χ2v) is 6.53. The van der Waals surface area contributed by atoms with Crippen LogP contribution in [0.15, 0.2) is 0 Å². The van der Waals surface area contributed by atoms with Crippen LogP contribution in [0.5, 0.6) is 0 Å². The molecule has 0 radical (unpaired) electrons. The summed E-state index contributed by atoms with van der Waals surface area (Å²) in [6.45, 7) is 9.14. The molecule has 1 N–H and O–H groups in total. The maximum absolute atomic E-state index is 5.69. The lowest BCUT2D eigenvalue weighted by Gasteiger charge is -2.20. The molecule has 2 rings (SSSR count). The van der Waals surface area contributed by atoms with Crippen molar-refractivity contribution in [1.82, 2.24) is 5.32 Å². The van der Waals surface area contributed by atoms with Gasteiger partial charge in [0.25, 0.3) is 0 Å². The van der Waals surface area contributed by atoms with E-state index in [9.17, 15) is 0 Å². The minimum Gasteiger partial charge on any atom is -0.378 e. The van der Waals surface area contributed by atoms with Crippen LogP contribution in [0.4, 0.5) is 0 Å². The first kappa shape index (κ1) is 13.4. The predicted molar refractivity (Wildman–Crippen MR) is 72.2 cm³/mol. The first-order chi connectivity index (χ1) is 8.13.